The molecule has 6 heteroatoms. The van der Waals surface area contributed by atoms with Crippen molar-refractivity contribution in [2.24, 2.45) is 0 Å². The molecule has 0 aliphatic heterocycles. The third kappa shape index (κ3) is 4.77. The maximum Gasteiger partial charge on any atom is 0.416 e. The van der Waals surface area contributed by atoms with Crippen molar-refractivity contribution >= 4 is 5.91 Å². The summed E-state index contributed by atoms with van der Waals surface area (Å²) in [6, 6.07) is 10.8. The first kappa shape index (κ1) is 18.3. The number of carbonyl (C=O) groups is 1. The molecule has 0 spiro atoms. The number of amides is 1. The molecule has 3 rings (SSSR count). The fraction of sp³-hybridized carbons (Fsp3) is 0.350. The predicted octanol–water partition coefficient (Wildman–Crippen LogP) is 4.28. The minimum absolute atomic E-state index is 0.0241. The van der Waals surface area contributed by atoms with Gasteiger partial charge in [-0.05, 0) is 66.6 Å². The number of aryl methyl sites for hydroxylation is 2. The summed E-state index contributed by atoms with van der Waals surface area (Å²) in [5.41, 5.74) is 2.26. The Morgan fingerprint density at radius 2 is 1.81 bits per heavy atom. The summed E-state index contributed by atoms with van der Waals surface area (Å²) in [5, 5.41) is 2.58. The zero-order valence-corrected chi connectivity index (χ0v) is 14.2. The molecule has 0 aromatic heterocycles. The monoisotopic (exact) mass is 363 g/mol. The van der Waals surface area contributed by atoms with Gasteiger partial charge in [0.1, 0.15) is 5.75 Å². The molecule has 138 valence electrons. The zero-order valence-electron chi connectivity index (χ0n) is 14.2. The van der Waals surface area contributed by atoms with Gasteiger partial charge < -0.3 is 10.1 Å². The lowest BCUT2D eigenvalue weighted by Gasteiger charge is -2.16. The van der Waals surface area contributed by atoms with Gasteiger partial charge in [0, 0.05) is 6.54 Å². The number of rotatable bonds is 5. The molecule has 1 amide bonds. The van der Waals surface area contributed by atoms with Crippen molar-refractivity contribution in [2.75, 3.05) is 6.61 Å². The molecule has 0 heterocycles. The first-order valence-corrected chi connectivity index (χ1v) is 8.59. The molecule has 3 nitrogen and oxygen atoms in total. The fourth-order valence-corrected chi connectivity index (χ4v) is 3.06. The number of hydrogen-bond donors (Lipinski definition) is 1. The summed E-state index contributed by atoms with van der Waals surface area (Å²) in [5.74, 6) is 0.264. The summed E-state index contributed by atoms with van der Waals surface area (Å²) < 4.78 is 43.6. The summed E-state index contributed by atoms with van der Waals surface area (Å²) >= 11 is 0. The van der Waals surface area contributed by atoms with Crippen LogP contribution in [0.1, 0.15) is 35.1 Å². The van der Waals surface area contributed by atoms with Crippen LogP contribution in [0.25, 0.3) is 0 Å². The summed E-state index contributed by atoms with van der Waals surface area (Å²) in [7, 11) is 0. The van der Waals surface area contributed by atoms with Gasteiger partial charge in [-0.3, -0.25) is 4.79 Å². The van der Waals surface area contributed by atoms with Gasteiger partial charge in [0.25, 0.3) is 5.91 Å². The molecule has 26 heavy (non-hydrogen) atoms. The lowest BCUT2D eigenvalue weighted by atomic mass is 9.92. The smallest absolute Gasteiger partial charge is 0.416 e. The molecule has 0 unspecified atom stereocenters. The number of benzene rings is 2. The number of carbonyl (C=O) groups excluding carboxylic acids is 1. The van der Waals surface area contributed by atoms with Gasteiger partial charge >= 0.3 is 6.18 Å². The molecular formula is C20H20F3NO2. The average molecular weight is 363 g/mol. The standard InChI is InChI=1S/C20H20F3NO2/c21-20(22,23)17-7-3-4-14(10-17)12-24-19(25)13-26-18-9-8-15-5-1-2-6-16(15)11-18/h3-4,7-11H,1-2,5-6,12-13H2,(H,24,25). The van der Waals surface area contributed by atoms with Crippen LogP contribution in [0.2, 0.25) is 0 Å². The molecular weight excluding hydrogens is 343 g/mol. The molecule has 1 N–H and O–H groups in total. The van der Waals surface area contributed by atoms with Crippen molar-refractivity contribution in [3.8, 4) is 5.75 Å². The Bertz CT molecular complexity index is 787. The highest BCUT2D eigenvalue weighted by Gasteiger charge is 2.30. The van der Waals surface area contributed by atoms with Crippen LogP contribution in [0.5, 0.6) is 5.75 Å². The summed E-state index contributed by atoms with van der Waals surface area (Å²) in [6.45, 7) is -0.145. The van der Waals surface area contributed by atoms with E-state index in [1.165, 1.54) is 23.6 Å². The van der Waals surface area contributed by atoms with Gasteiger partial charge in [0.15, 0.2) is 6.61 Å². The minimum atomic E-state index is -4.39. The molecule has 1 aliphatic carbocycles. The van der Waals surface area contributed by atoms with Crippen molar-refractivity contribution in [2.45, 2.75) is 38.4 Å². The van der Waals surface area contributed by atoms with E-state index in [1.54, 1.807) is 6.07 Å². The topological polar surface area (TPSA) is 38.3 Å². The van der Waals surface area contributed by atoms with E-state index in [-0.39, 0.29) is 19.1 Å². The van der Waals surface area contributed by atoms with Crippen LogP contribution >= 0.6 is 0 Å². The SMILES string of the molecule is O=C(COc1ccc2c(c1)CCCC2)NCc1cccc(C(F)(F)F)c1. The number of alkyl halides is 3. The number of hydrogen-bond acceptors (Lipinski definition) is 2. The molecule has 0 atom stereocenters. The van der Waals surface area contributed by atoms with Crippen molar-refractivity contribution < 1.29 is 22.7 Å². The number of nitrogens with one attached hydrogen (secondary N) is 1. The quantitative estimate of drug-likeness (QED) is 0.861. The number of ether oxygens (including phenoxy) is 1. The normalized spacial score (nSPS) is 13.8. The summed E-state index contributed by atoms with van der Waals surface area (Å²) in [4.78, 5) is 11.9. The Kier molecular flexibility index (Phi) is 5.49. The van der Waals surface area contributed by atoms with Gasteiger partial charge in [-0.25, -0.2) is 0 Å². The third-order valence-corrected chi connectivity index (χ3v) is 4.43. The second-order valence-corrected chi connectivity index (χ2v) is 6.40. The van der Waals surface area contributed by atoms with Crippen LogP contribution in [0.15, 0.2) is 42.5 Å². The molecule has 0 fully saturated rings. The van der Waals surface area contributed by atoms with Crippen molar-refractivity contribution in [3.63, 3.8) is 0 Å². The van der Waals surface area contributed by atoms with Crippen molar-refractivity contribution in [1.82, 2.24) is 5.32 Å². The van der Waals surface area contributed by atoms with E-state index in [1.807, 2.05) is 18.2 Å². The first-order chi connectivity index (χ1) is 12.4. The molecule has 2 aromatic rings. The Morgan fingerprint density at radius 1 is 1.04 bits per heavy atom. The lowest BCUT2D eigenvalue weighted by Crippen LogP contribution is -2.28. The van der Waals surface area contributed by atoms with Crippen LogP contribution in [-0.4, -0.2) is 12.5 Å². The molecule has 2 aromatic carbocycles. The highest BCUT2D eigenvalue weighted by molar-refractivity contribution is 5.77. The van der Waals surface area contributed by atoms with Gasteiger partial charge in [0.2, 0.25) is 0 Å². The van der Waals surface area contributed by atoms with E-state index in [0.717, 1.165) is 31.4 Å². The van der Waals surface area contributed by atoms with Gasteiger partial charge in [0.05, 0.1) is 5.56 Å². The second kappa shape index (κ2) is 7.81. The second-order valence-electron chi connectivity index (χ2n) is 6.40. The maximum atomic E-state index is 12.7. The Balaban J connectivity index is 1.50. The molecule has 0 saturated heterocycles. The predicted molar refractivity (Wildman–Crippen MR) is 91.9 cm³/mol. The lowest BCUT2D eigenvalue weighted by molar-refractivity contribution is -0.137. The molecule has 0 saturated carbocycles. The minimum Gasteiger partial charge on any atom is -0.484 e. The molecule has 0 bridgehead atoms. The van der Waals surface area contributed by atoms with E-state index >= 15 is 0 Å². The Morgan fingerprint density at radius 3 is 2.58 bits per heavy atom. The van der Waals surface area contributed by atoms with Gasteiger partial charge in [-0.15, -0.1) is 0 Å². The van der Waals surface area contributed by atoms with E-state index in [4.69, 9.17) is 4.74 Å². The van der Waals surface area contributed by atoms with Crippen LogP contribution in [0.4, 0.5) is 13.2 Å². The largest absolute Gasteiger partial charge is 0.484 e. The van der Waals surface area contributed by atoms with E-state index in [9.17, 15) is 18.0 Å². The Labute approximate surface area is 150 Å². The molecule has 1 aliphatic rings. The van der Waals surface area contributed by atoms with Crippen LogP contribution in [0, 0.1) is 0 Å². The van der Waals surface area contributed by atoms with Crippen molar-refractivity contribution in [3.05, 3.63) is 64.7 Å². The number of fused-ring (bicyclic) bond motifs is 1. The van der Waals surface area contributed by atoms with E-state index < -0.39 is 11.7 Å². The Hall–Kier alpha value is -2.50. The fourth-order valence-electron chi connectivity index (χ4n) is 3.06. The number of halogens is 3. The van der Waals surface area contributed by atoms with Crippen LogP contribution < -0.4 is 10.1 Å². The van der Waals surface area contributed by atoms with Crippen molar-refractivity contribution in [1.29, 1.82) is 0 Å². The zero-order chi connectivity index (χ0) is 18.6. The first-order valence-electron chi connectivity index (χ1n) is 8.59. The van der Waals surface area contributed by atoms with E-state index in [0.29, 0.717) is 11.3 Å². The highest BCUT2D eigenvalue weighted by Crippen LogP contribution is 2.29. The summed E-state index contributed by atoms with van der Waals surface area (Å²) in [6.07, 6.45) is 0.0655. The highest BCUT2D eigenvalue weighted by atomic mass is 19.4. The van der Waals surface area contributed by atoms with E-state index in [2.05, 4.69) is 5.32 Å². The van der Waals surface area contributed by atoms with Crippen LogP contribution in [0.3, 0.4) is 0 Å². The van der Waals surface area contributed by atoms with Gasteiger partial charge in [-0.2, -0.15) is 13.2 Å². The average Bonchev–Trinajstić information content (AvgIpc) is 2.64. The van der Waals surface area contributed by atoms with Gasteiger partial charge in [-0.1, -0.05) is 18.2 Å². The molecule has 0 radical (unpaired) electrons. The maximum absolute atomic E-state index is 12.7. The third-order valence-electron chi connectivity index (χ3n) is 4.43. The van der Waals surface area contributed by atoms with Crippen LogP contribution in [-0.2, 0) is 30.4 Å².